The van der Waals surface area contributed by atoms with Crippen molar-refractivity contribution in [3.8, 4) is 0 Å². The second-order valence-corrected chi connectivity index (χ2v) is 7.40. The standard InChI is InChI=1S/C17H17ClO4S/c18-15-8-10-16(11-9-15)23(19,20)22-17(12-4-5-13-21-17)14-6-2-1-3-7-14/h1-3,6-11H,4-5,12-13H2. The van der Waals surface area contributed by atoms with E-state index in [9.17, 15) is 8.42 Å². The molecule has 4 nitrogen and oxygen atoms in total. The van der Waals surface area contributed by atoms with Gasteiger partial charge in [-0.05, 0) is 37.1 Å². The first-order valence-corrected chi connectivity index (χ1v) is 9.21. The minimum absolute atomic E-state index is 0.0615. The Morgan fingerprint density at radius 3 is 2.30 bits per heavy atom. The van der Waals surface area contributed by atoms with Gasteiger partial charge in [0, 0.05) is 17.0 Å². The molecule has 122 valence electrons. The lowest BCUT2D eigenvalue weighted by atomic mass is 9.98. The fourth-order valence-corrected chi connectivity index (χ4v) is 3.90. The topological polar surface area (TPSA) is 52.6 Å². The second-order valence-electron chi connectivity index (χ2n) is 5.42. The lowest BCUT2D eigenvalue weighted by Crippen LogP contribution is -2.38. The van der Waals surface area contributed by atoms with Crippen LogP contribution in [0.2, 0.25) is 5.02 Å². The molecule has 0 N–H and O–H groups in total. The molecule has 0 aromatic heterocycles. The number of hydrogen-bond donors (Lipinski definition) is 0. The number of rotatable bonds is 4. The summed E-state index contributed by atoms with van der Waals surface area (Å²) in [6.07, 6.45) is 2.22. The summed E-state index contributed by atoms with van der Waals surface area (Å²) in [5, 5.41) is 0.468. The zero-order chi connectivity index (χ0) is 16.3. The molecular formula is C17H17ClO4S. The average molecular weight is 353 g/mol. The van der Waals surface area contributed by atoms with Gasteiger partial charge < -0.3 is 4.74 Å². The molecule has 1 unspecified atom stereocenters. The van der Waals surface area contributed by atoms with Crippen molar-refractivity contribution in [1.29, 1.82) is 0 Å². The van der Waals surface area contributed by atoms with Crippen LogP contribution in [0.3, 0.4) is 0 Å². The summed E-state index contributed by atoms with van der Waals surface area (Å²) < 4.78 is 36.7. The van der Waals surface area contributed by atoms with Gasteiger partial charge >= 0.3 is 0 Å². The van der Waals surface area contributed by atoms with E-state index < -0.39 is 15.9 Å². The molecular weight excluding hydrogens is 336 g/mol. The summed E-state index contributed by atoms with van der Waals surface area (Å²) in [5.41, 5.74) is 0.706. The van der Waals surface area contributed by atoms with Crippen LogP contribution >= 0.6 is 11.6 Å². The SMILES string of the molecule is O=S(=O)(OC1(c2ccccc2)CCCCO1)c1ccc(Cl)cc1. The van der Waals surface area contributed by atoms with Crippen molar-refractivity contribution in [2.24, 2.45) is 0 Å². The maximum atomic E-state index is 12.6. The van der Waals surface area contributed by atoms with Crippen molar-refractivity contribution < 1.29 is 17.3 Å². The Kier molecular flexibility index (Phi) is 4.73. The lowest BCUT2D eigenvalue weighted by molar-refractivity contribution is -0.211. The van der Waals surface area contributed by atoms with Crippen molar-refractivity contribution in [2.45, 2.75) is 29.9 Å². The molecule has 0 radical (unpaired) electrons. The predicted molar refractivity (Wildman–Crippen MR) is 87.6 cm³/mol. The molecule has 1 aliphatic rings. The Bertz CT molecular complexity index is 751. The van der Waals surface area contributed by atoms with E-state index in [0.29, 0.717) is 23.6 Å². The number of benzene rings is 2. The van der Waals surface area contributed by atoms with Gasteiger partial charge in [-0.25, -0.2) is 4.18 Å². The second kappa shape index (κ2) is 6.61. The summed E-state index contributed by atoms with van der Waals surface area (Å²) in [6, 6.07) is 15.1. The third-order valence-electron chi connectivity index (χ3n) is 3.80. The van der Waals surface area contributed by atoms with Gasteiger partial charge in [-0.3, -0.25) is 0 Å². The van der Waals surface area contributed by atoms with Gasteiger partial charge in [0.05, 0.1) is 11.5 Å². The van der Waals surface area contributed by atoms with Crippen LogP contribution in [0.5, 0.6) is 0 Å². The lowest BCUT2D eigenvalue weighted by Gasteiger charge is -2.36. The maximum absolute atomic E-state index is 12.6. The van der Waals surface area contributed by atoms with E-state index in [0.717, 1.165) is 12.8 Å². The van der Waals surface area contributed by atoms with E-state index in [1.54, 1.807) is 0 Å². The van der Waals surface area contributed by atoms with Gasteiger partial charge in [0.2, 0.25) is 5.79 Å². The van der Waals surface area contributed by atoms with Gasteiger partial charge in [0.15, 0.2) is 0 Å². The quantitative estimate of drug-likeness (QED) is 0.777. The fraction of sp³-hybridized carbons (Fsp3) is 0.294. The Balaban J connectivity index is 1.97. The van der Waals surface area contributed by atoms with Crippen LogP contribution in [0.4, 0.5) is 0 Å². The zero-order valence-corrected chi connectivity index (χ0v) is 14.0. The molecule has 3 rings (SSSR count). The summed E-state index contributed by atoms with van der Waals surface area (Å²) in [4.78, 5) is 0.0615. The molecule has 6 heteroatoms. The van der Waals surface area contributed by atoms with Crippen LogP contribution < -0.4 is 0 Å². The largest absolute Gasteiger partial charge is 0.345 e. The summed E-state index contributed by atoms with van der Waals surface area (Å²) >= 11 is 5.82. The molecule has 0 bridgehead atoms. The van der Waals surface area contributed by atoms with Crippen molar-refractivity contribution >= 4 is 21.7 Å². The smallest absolute Gasteiger partial charge is 0.299 e. The molecule has 0 spiro atoms. The zero-order valence-electron chi connectivity index (χ0n) is 12.4. The Hall–Kier alpha value is -1.40. The van der Waals surface area contributed by atoms with E-state index >= 15 is 0 Å². The average Bonchev–Trinajstić information content (AvgIpc) is 2.56. The van der Waals surface area contributed by atoms with Crippen LogP contribution in [0, 0.1) is 0 Å². The van der Waals surface area contributed by atoms with Crippen LogP contribution in [-0.4, -0.2) is 15.0 Å². The van der Waals surface area contributed by atoms with Gasteiger partial charge in [0.25, 0.3) is 10.1 Å². The number of halogens is 1. The van der Waals surface area contributed by atoms with E-state index in [1.165, 1.54) is 24.3 Å². The molecule has 1 aliphatic heterocycles. The first-order valence-electron chi connectivity index (χ1n) is 7.43. The molecule has 1 atom stereocenters. The Morgan fingerprint density at radius 2 is 1.70 bits per heavy atom. The Labute approximate surface area is 141 Å². The third kappa shape index (κ3) is 3.58. The van der Waals surface area contributed by atoms with E-state index in [1.807, 2.05) is 30.3 Å². The van der Waals surface area contributed by atoms with Gasteiger partial charge in [0.1, 0.15) is 0 Å². The molecule has 2 aromatic carbocycles. The first kappa shape index (κ1) is 16.5. The van der Waals surface area contributed by atoms with Crippen LogP contribution in [0.25, 0.3) is 0 Å². The van der Waals surface area contributed by atoms with Crippen molar-refractivity contribution in [1.82, 2.24) is 0 Å². The first-order chi connectivity index (χ1) is 11.0. The van der Waals surface area contributed by atoms with E-state index in [4.69, 9.17) is 20.5 Å². The fourth-order valence-electron chi connectivity index (χ4n) is 2.63. The summed E-state index contributed by atoms with van der Waals surface area (Å²) in [7, 11) is -3.97. The molecule has 0 saturated carbocycles. The molecule has 0 aliphatic carbocycles. The van der Waals surface area contributed by atoms with Crippen molar-refractivity contribution in [2.75, 3.05) is 6.61 Å². The Morgan fingerprint density at radius 1 is 1.00 bits per heavy atom. The number of hydrogen-bond acceptors (Lipinski definition) is 4. The summed E-state index contributed by atoms with van der Waals surface area (Å²) in [6.45, 7) is 0.463. The normalized spacial score (nSPS) is 22.0. The highest BCUT2D eigenvalue weighted by Crippen LogP contribution is 2.39. The van der Waals surface area contributed by atoms with E-state index in [2.05, 4.69) is 0 Å². The molecule has 23 heavy (non-hydrogen) atoms. The van der Waals surface area contributed by atoms with Crippen molar-refractivity contribution in [3.63, 3.8) is 0 Å². The molecule has 1 heterocycles. The minimum atomic E-state index is -3.97. The molecule has 0 amide bonds. The molecule has 1 fully saturated rings. The molecule has 2 aromatic rings. The predicted octanol–water partition coefficient (Wildman–Crippen LogP) is 4.10. The molecule has 1 saturated heterocycles. The summed E-state index contributed by atoms with van der Waals surface area (Å²) in [5.74, 6) is -1.27. The van der Waals surface area contributed by atoms with E-state index in [-0.39, 0.29) is 4.90 Å². The van der Waals surface area contributed by atoms with Gasteiger partial charge in [-0.15, -0.1) is 0 Å². The highest BCUT2D eigenvalue weighted by molar-refractivity contribution is 7.86. The highest BCUT2D eigenvalue weighted by atomic mass is 35.5. The monoisotopic (exact) mass is 352 g/mol. The van der Waals surface area contributed by atoms with Crippen LogP contribution in [0.15, 0.2) is 59.5 Å². The van der Waals surface area contributed by atoms with Crippen LogP contribution in [0.1, 0.15) is 24.8 Å². The highest BCUT2D eigenvalue weighted by Gasteiger charge is 2.41. The van der Waals surface area contributed by atoms with Crippen molar-refractivity contribution in [3.05, 3.63) is 65.2 Å². The van der Waals surface area contributed by atoms with Gasteiger partial charge in [-0.2, -0.15) is 8.42 Å². The maximum Gasteiger partial charge on any atom is 0.299 e. The third-order valence-corrected chi connectivity index (χ3v) is 5.39. The minimum Gasteiger partial charge on any atom is -0.345 e. The van der Waals surface area contributed by atoms with Gasteiger partial charge in [-0.1, -0.05) is 41.9 Å². The van der Waals surface area contributed by atoms with Crippen LogP contribution in [-0.2, 0) is 24.8 Å². The number of ether oxygens (including phenoxy) is 1.